The van der Waals surface area contributed by atoms with Crippen molar-refractivity contribution in [3.05, 3.63) is 50.9 Å². The van der Waals surface area contributed by atoms with Crippen LogP contribution in [0.15, 0.2) is 29.2 Å². The molecule has 39 heavy (non-hydrogen) atoms. The summed E-state index contributed by atoms with van der Waals surface area (Å²) >= 11 is 6.58. The van der Waals surface area contributed by atoms with Crippen LogP contribution in [0.5, 0.6) is 0 Å². The number of benzene rings is 1. The molecule has 0 saturated carbocycles. The van der Waals surface area contributed by atoms with Crippen LogP contribution in [0.3, 0.4) is 0 Å². The first-order valence-electron chi connectivity index (χ1n) is 13.6. The van der Waals surface area contributed by atoms with Crippen LogP contribution in [0, 0.1) is 24.2 Å². The van der Waals surface area contributed by atoms with Gasteiger partial charge in [0, 0.05) is 47.9 Å². The van der Waals surface area contributed by atoms with Crippen molar-refractivity contribution >= 4 is 28.5 Å². The predicted octanol–water partition coefficient (Wildman–Crippen LogP) is 4.30. The summed E-state index contributed by atoms with van der Waals surface area (Å²) in [5, 5.41) is 24.0. The molecule has 9 nitrogen and oxygen atoms in total. The number of hydrogen-bond acceptors (Lipinski definition) is 8. The Morgan fingerprint density at radius 1 is 1.33 bits per heavy atom. The molecule has 206 valence electrons. The van der Waals surface area contributed by atoms with Crippen LogP contribution in [0.25, 0.3) is 22.2 Å². The zero-order chi connectivity index (χ0) is 27.7. The Balaban J connectivity index is 1.56. The van der Waals surface area contributed by atoms with Gasteiger partial charge in [0.05, 0.1) is 53.2 Å². The monoisotopic (exact) mass is 550 g/mol. The van der Waals surface area contributed by atoms with Gasteiger partial charge in [0.2, 0.25) is 5.95 Å². The molecular weight excluding hydrogens is 516 g/mol. The number of ether oxygens (including phenoxy) is 1. The second kappa shape index (κ2) is 11.6. The molecule has 2 aliphatic heterocycles. The first-order chi connectivity index (χ1) is 18.8. The number of nitrogens with zero attached hydrogens (tertiary/aromatic N) is 5. The third-order valence-corrected chi connectivity index (χ3v) is 8.08. The second-order valence-electron chi connectivity index (χ2n) is 10.9. The Morgan fingerprint density at radius 2 is 2.15 bits per heavy atom. The molecule has 2 saturated heterocycles. The molecule has 0 radical (unpaired) electrons. The Hall–Kier alpha value is -3.03. The number of nitriles is 1. The summed E-state index contributed by atoms with van der Waals surface area (Å²) in [6.07, 6.45) is 3.46. The van der Waals surface area contributed by atoms with Gasteiger partial charge in [0.15, 0.2) is 5.43 Å². The Morgan fingerprint density at radius 3 is 2.90 bits per heavy atom. The van der Waals surface area contributed by atoms with Gasteiger partial charge >= 0.3 is 0 Å². The van der Waals surface area contributed by atoms with Crippen LogP contribution in [0.4, 0.5) is 5.95 Å². The zero-order valence-corrected chi connectivity index (χ0v) is 23.4. The van der Waals surface area contributed by atoms with Gasteiger partial charge in [-0.2, -0.15) is 5.26 Å². The lowest BCUT2D eigenvalue weighted by Crippen LogP contribution is -2.42. The number of halogens is 1. The minimum absolute atomic E-state index is 0.0157. The molecule has 2 aromatic heterocycles. The number of hydrogen-bond donors (Lipinski definition) is 2. The maximum Gasteiger partial charge on any atom is 0.223 e. The van der Waals surface area contributed by atoms with Crippen LogP contribution in [0.2, 0.25) is 5.02 Å². The number of aromatic nitrogens is 3. The molecule has 0 amide bonds. The van der Waals surface area contributed by atoms with Crippen molar-refractivity contribution in [1.29, 1.82) is 5.26 Å². The molecule has 4 heterocycles. The van der Waals surface area contributed by atoms with E-state index in [0.717, 1.165) is 41.7 Å². The first-order valence-corrected chi connectivity index (χ1v) is 14.0. The number of aliphatic hydroxyl groups excluding tert-OH is 1. The van der Waals surface area contributed by atoms with Crippen LogP contribution in [-0.2, 0) is 11.3 Å². The normalized spacial score (nSPS) is 22.2. The molecule has 0 bridgehead atoms. The number of rotatable bonds is 6. The Kier molecular flexibility index (Phi) is 8.19. The third-order valence-electron chi connectivity index (χ3n) is 7.80. The van der Waals surface area contributed by atoms with Crippen molar-refractivity contribution in [2.75, 3.05) is 31.6 Å². The fourth-order valence-electron chi connectivity index (χ4n) is 5.73. The number of piperidine rings is 1. The largest absolute Gasteiger partial charge is 0.389 e. The van der Waals surface area contributed by atoms with Crippen molar-refractivity contribution in [1.82, 2.24) is 19.4 Å². The van der Waals surface area contributed by atoms with E-state index in [-0.39, 0.29) is 30.0 Å². The van der Waals surface area contributed by atoms with Gasteiger partial charge in [0.1, 0.15) is 0 Å². The molecule has 3 aromatic rings. The summed E-state index contributed by atoms with van der Waals surface area (Å²) in [5.41, 5.74) is 3.88. The van der Waals surface area contributed by atoms with E-state index >= 15 is 0 Å². The maximum absolute atomic E-state index is 13.5. The van der Waals surface area contributed by atoms with Gasteiger partial charge in [-0.3, -0.25) is 9.69 Å². The quantitative estimate of drug-likeness (QED) is 0.466. The topological polar surface area (TPSA) is 116 Å². The average Bonchev–Trinajstić information content (AvgIpc) is 2.93. The van der Waals surface area contributed by atoms with Crippen molar-refractivity contribution in [2.24, 2.45) is 5.92 Å². The highest BCUT2D eigenvalue weighted by Crippen LogP contribution is 2.31. The molecule has 0 spiro atoms. The Labute approximate surface area is 233 Å². The molecule has 2 aliphatic rings. The van der Waals surface area contributed by atoms with E-state index in [2.05, 4.69) is 39.7 Å². The number of nitrogens with one attached hydrogen (secondary N) is 1. The third kappa shape index (κ3) is 5.66. The van der Waals surface area contributed by atoms with Gasteiger partial charge in [-0.15, -0.1) is 0 Å². The summed E-state index contributed by atoms with van der Waals surface area (Å²) in [5.74, 6) is 0.402. The van der Waals surface area contributed by atoms with Gasteiger partial charge < -0.3 is 19.7 Å². The lowest BCUT2D eigenvalue weighted by molar-refractivity contribution is -0.0136. The number of fused-ring (bicyclic) bond motifs is 1. The first kappa shape index (κ1) is 27.5. The Bertz CT molecular complexity index is 1470. The van der Waals surface area contributed by atoms with Gasteiger partial charge in [-0.25, -0.2) is 9.97 Å². The molecule has 0 aliphatic carbocycles. The number of likely N-dealkylation sites (tertiary alicyclic amines) is 1. The fraction of sp³-hybridized carbons (Fsp3) is 0.517. The SMILES string of the molecule is Cc1c(CN2CCC[C@@H](C#N)C2)n(C(C)C)c2cc(-c3nc(N[C@@H]4CCOC[C@H]4O)ncc3Cl)ccc2c1=O. The van der Waals surface area contributed by atoms with E-state index < -0.39 is 6.10 Å². The van der Waals surface area contributed by atoms with E-state index in [0.29, 0.717) is 48.2 Å². The molecule has 2 fully saturated rings. The smallest absolute Gasteiger partial charge is 0.223 e. The average molecular weight is 551 g/mol. The molecule has 1 aromatic carbocycles. The molecular formula is C29H35ClN6O3. The van der Waals surface area contributed by atoms with E-state index in [4.69, 9.17) is 21.3 Å². The van der Waals surface area contributed by atoms with Crippen LogP contribution < -0.4 is 10.7 Å². The van der Waals surface area contributed by atoms with Gasteiger partial charge in [-0.05, 0) is 58.7 Å². The van der Waals surface area contributed by atoms with E-state index in [1.54, 1.807) is 6.20 Å². The predicted molar refractivity (Wildman–Crippen MR) is 152 cm³/mol. The van der Waals surface area contributed by atoms with Crippen molar-refractivity contribution < 1.29 is 9.84 Å². The summed E-state index contributed by atoms with van der Waals surface area (Å²) in [4.78, 5) is 24.8. The number of pyridine rings is 1. The number of anilines is 1. The molecule has 5 rings (SSSR count). The molecule has 2 N–H and O–H groups in total. The summed E-state index contributed by atoms with van der Waals surface area (Å²) in [6.45, 7) is 9.21. The maximum atomic E-state index is 13.5. The fourth-order valence-corrected chi connectivity index (χ4v) is 5.93. The van der Waals surface area contributed by atoms with E-state index in [9.17, 15) is 15.2 Å². The number of aliphatic hydroxyl groups is 1. The van der Waals surface area contributed by atoms with Gasteiger partial charge in [-0.1, -0.05) is 17.7 Å². The lowest BCUT2D eigenvalue weighted by Gasteiger charge is -2.32. The van der Waals surface area contributed by atoms with Crippen molar-refractivity contribution in [2.45, 2.75) is 64.8 Å². The lowest BCUT2D eigenvalue weighted by atomic mass is 9.98. The summed E-state index contributed by atoms with van der Waals surface area (Å²) in [6, 6.07) is 8.01. The zero-order valence-electron chi connectivity index (χ0n) is 22.7. The highest BCUT2D eigenvalue weighted by Gasteiger charge is 2.26. The molecule has 0 unspecified atom stereocenters. The standard InChI is InChI=1S/C29H35ClN6O3/c1-17(2)36-24-11-20(27-22(30)13-32-29(34-27)33-23-8-10-39-16-26(23)37)6-7-21(24)28(38)18(3)25(36)15-35-9-4-5-19(12-31)14-35/h6-7,11,13,17,19,23,26,37H,4-5,8-10,14-16H2,1-3H3,(H,32,33,34)/t19-,23+,26+/m0/s1. The van der Waals surface area contributed by atoms with Crippen molar-refractivity contribution in [3.8, 4) is 17.3 Å². The van der Waals surface area contributed by atoms with E-state index in [1.807, 2.05) is 25.1 Å². The minimum atomic E-state index is -0.646. The highest BCUT2D eigenvalue weighted by atomic mass is 35.5. The highest BCUT2D eigenvalue weighted by molar-refractivity contribution is 6.33. The van der Waals surface area contributed by atoms with Crippen molar-refractivity contribution in [3.63, 3.8) is 0 Å². The van der Waals surface area contributed by atoms with Crippen LogP contribution in [0.1, 0.15) is 50.4 Å². The molecule has 3 atom stereocenters. The van der Waals surface area contributed by atoms with E-state index in [1.165, 1.54) is 0 Å². The second-order valence-corrected chi connectivity index (χ2v) is 11.3. The van der Waals surface area contributed by atoms with Gasteiger partial charge in [0.25, 0.3) is 0 Å². The van der Waals surface area contributed by atoms with Crippen LogP contribution in [-0.4, -0.2) is 63.0 Å². The van der Waals surface area contributed by atoms with Crippen LogP contribution >= 0.6 is 11.6 Å². The molecule has 10 heteroatoms. The summed E-state index contributed by atoms with van der Waals surface area (Å²) < 4.78 is 7.56. The summed E-state index contributed by atoms with van der Waals surface area (Å²) in [7, 11) is 0. The minimum Gasteiger partial charge on any atom is -0.389 e.